The molecule has 0 amide bonds. The molecule has 1 fully saturated rings. The van der Waals surface area contributed by atoms with Gasteiger partial charge >= 0.3 is 5.97 Å². The van der Waals surface area contributed by atoms with E-state index in [0.29, 0.717) is 42.7 Å². The summed E-state index contributed by atoms with van der Waals surface area (Å²) < 4.78 is 5.05. The third kappa shape index (κ3) is 1.75. The van der Waals surface area contributed by atoms with E-state index < -0.39 is 11.4 Å². The van der Waals surface area contributed by atoms with Crippen LogP contribution in [-0.2, 0) is 15.0 Å². The highest BCUT2D eigenvalue weighted by Gasteiger charge is 2.46. The normalized spacial score (nSPS) is 19.3. The molecular weight excluding hydrogens is 222 g/mol. The summed E-state index contributed by atoms with van der Waals surface area (Å²) >= 11 is 0. The molecule has 0 spiro atoms. The van der Waals surface area contributed by atoms with Crippen molar-refractivity contribution in [3.8, 4) is 0 Å². The van der Waals surface area contributed by atoms with Crippen LogP contribution in [0.25, 0.3) is 0 Å². The maximum Gasteiger partial charge on any atom is 0.314 e. The molecule has 1 saturated carbocycles. The second-order valence-electron chi connectivity index (χ2n) is 4.63. The van der Waals surface area contributed by atoms with Crippen LogP contribution in [0, 0.1) is 13.8 Å². The molecule has 17 heavy (non-hydrogen) atoms. The van der Waals surface area contributed by atoms with Crippen LogP contribution in [0.3, 0.4) is 0 Å². The van der Waals surface area contributed by atoms with Crippen molar-refractivity contribution in [3.05, 3.63) is 17.0 Å². The van der Waals surface area contributed by atoms with E-state index in [9.17, 15) is 14.7 Å². The Bertz CT molecular complexity index is 445. The van der Waals surface area contributed by atoms with Gasteiger partial charge in [-0.05, 0) is 26.7 Å². The van der Waals surface area contributed by atoms with Crippen molar-refractivity contribution in [2.45, 2.75) is 44.9 Å². The fraction of sp³-hybridized carbons (Fsp3) is 0.583. The molecule has 1 N–H and O–H groups in total. The average Bonchev–Trinajstić information content (AvgIpc) is 2.61. The van der Waals surface area contributed by atoms with Crippen molar-refractivity contribution in [1.82, 2.24) is 5.16 Å². The van der Waals surface area contributed by atoms with Gasteiger partial charge in [0.25, 0.3) is 0 Å². The van der Waals surface area contributed by atoms with Crippen LogP contribution < -0.4 is 0 Å². The first-order valence-corrected chi connectivity index (χ1v) is 5.66. The Morgan fingerprint density at radius 3 is 2.35 bits per heavy atom. The first-order chi connectivity index (χ1) is 7.97. The predicted molar refractivity (Wildman–Crippen MR) is 58.8 cm³/mol. The Morgan fingerprint density at radius 2 is 1.94 bits per heavy atom. The average molecular weight is 237 g/mol. The number of ketones is 1. The molecule has 1 aromatic rings. The van der Waals surface area contributed by atoms with E-state index in [4.69, 9.17) is 4.52 Å². The number of aliphatic carboxylic acids is 1. The summed E-state index contributed by atoms with van der Waals surface area (Å²) in [6.07, 6.45) is 1.31. The highest BCUT2D eigenvalue weighted by molar-refractivity contribution is 5.87. The Morgan fingerprint density at radius 1 is 1.35 bits per heavy atom. The van der Waals surface area contributed by atoms with Gasteiger partial charge in [0, 0.05) is 18.4 Å². The Balaban J connectivity index is 2.49. The lowest BCUT2D eigenvalue weighted by Gasteiger charge is -2.32. The number of nitrogens with zero attached hydrogens (tertiary/aromatic N) is 1. The fourth-order valence-electron chi connectivity index (χ4n) is 2.69. The number of carboxylic acids is 1. The minimum atomic E-state index is -0.998. The van der Waals surface area contributed by atoms with E-state index in [-0.39, 0.29) is 5.78 Å². The number of carbonyl (C=O) groups excluding carboxylic acids is 1. The van der Waals surface area contributed by atoms with E-state index in [1.807, 2.05) is 0 Å². The number of aromatic nitrogens is 1. The fourth-order valence-corrected chi connectivity index (χ4v) is 2.69. The van der Waals surface area contributed by atoms with Crippen molar-refractivity contribution in [1.29, 1.82) is 0 Å². The molecule has 0 radical (unpaired) electrons. The molecule has 1 aliphatic carbocycles. The number of carbonyl (C=O) groups is 2. The molecule has 0 atom stereocenters. The molecule has 92 valence electrons. The molecule has 0 saturated heterocycles. The van der Waals surface area contributed by atoms with E-state index in [1.165, 1.54) is 0 Å². The van der Waals surface area contributed by atoms with Gasteiger partial charge in [0.1, 0.15) is 11.5 Å². The maximum absolute atomic E-state index is 11.6. The Hall–Kier alpha value is -1.65. The van der Waals surface area contributed by atoms with E-state index in [0.717, 1.165) is 0 Å². The Labute approximate surface area is 98.8 Å². The number of hydrogen-bond donors (Lipinski definition) is 1. The van der Waals surface area contributed by atoms with Gasteiger partial charge in [-0.25, -0.2) is 0 Å². The Kier molecular flexibility index (Phi) is 2.77. The van der Waals surface area contributed by atoms with Crippen molar-refractivity contribution >= 4 is 11.8 Å². The van der Waals surface area contributed by atoms with Crippen LogP contribution in [0.5, 0.6) is 0 Å². The third-order valence-electron chi connectivity index (χ3n) is 3.58. The molecule has 0 unspecified atom stereocenters. The standard InChI is InChI=1S/C12H15NO4/c1-7-10(8(2)17-13-7)12(11(15)16)5-3-9(14)4-6-12/h3-6H2,1-2H3,(H,15,16). The molecule has 1 aromatic heterocycles. The van der Waals surface area contributed by atoms with Gasteiger partial charge in [-0.2, -0.15) is 0 Å². The van der Waals surface area contributed by atoms with E-state index >= 15 is 0 Å². The highest BCUT2D eigenvalue weighted by Crippen LogP contribution is 2.41. The summed E-state index contributed by atoms with van der Waals surface area (Å²) in [5, 5.41) is 13.3. The quantitative estimate of drug-likeness (QED) is 0.847. The van der Waals surface area contributed by atoms with Crippen LogP contribution in [-0.4, -0.2) is 22.0 Å². The van der Waals surface area contributed by atoms with Crippen LogP contribution in [0.15, 0.2) is 4.52 Å². The topological polar surface area (TPSA) is 80.4 Å². The smallest absolute Gasteiger partial charge is 0.314 e. The number of carboxylic acid groups (broad SMARTS) is 1. The van der Waals surface area contributed by atoms with Crippen LogP contribution >= 0.6 is 0 Å². The number of aryl methyl sites for hydroxylation is 2. The molecule has 0 aliphatic heterocycles. The minimum Gasteiger partial charge on any atom is -0.481 e. The molecule has 5 nitrogen and oxygen atoms in total. The van der Waals surface area contributed by atoms with Crippen molar-refractivity contribution < 1.29 is 19.2 Å². The molecule has 0 bridgehead atoms. The summed E-state index contributed by atoms with van der Waals surface area (Å²) in [6, 6.07) is 0. The molecule has 1 aliphatic rings. The van der Waals surface area contributed by atoms with Gasteiger partial charge in [0.2, 0.25) is 0 Å². The van der Waals surface area contributed by atoms with Crippen LogP contribution in [0.2, 0.25) is 0 Å². The maximum atomic E-state index is 11.6. The summed E-state index contributed by atoms with van der Waals surface area (Å²) in [6.45, 7) is 3.46. The zero-order chi connectivity index (χ0) is 12.6. The molecule has 1 heterocycles. The van der Waals surface area contributed by atoms with E-state index in [1.54, 1.807) is 13.8 Å². The largest absolute Gasteiger partial charge is 0.481 e. The molecular formula is C12H15NO4. The number of hydrogen-bond acceptors (Lipinski definition) is 4. The minimum absolute atomic E-state index is 0.133. The third-order valence-corrected chi connectivity index (χ3v) is 3.58. The lowest BCUT2D eigenvalue weighted by atomic mass is 9.68. The van der Waals surface area contributed by atoms with Crippen molar-refractivity contribution in [3.63, 3.8) is 0 Å². The van der Waals surface area contributed by atoms with Crippen LogP contribution in [0.4, 0.5) is 0 Å². The lowest BCUT2D eigenvalue weighted by Crippen LogP contribution is -2.40. The number of rotatable bonds is 2. The zero-order valence-corrected chi connectivity index (χ0v) is 9.95. The van der Waals surface area contributed by atoms with Crippen LogP contribution in [0.1, 0.15) is 42.7 Å². The first kappa shape index (κ1) is 11.8. The van der Waals surface area contributed by atoms with Crippen molar-refractivity contribution in [2.75, 3.05) is 0 Å². The van der Waals surface area contributed by atoms with Crippen molar-refractivity contribution in [2.24, 2.45) is 0 Å². The van der Waals surface area contributed by atoms with Gasteiger partial charge < -0.3 is 9.63 Å². The summed E-state index contributed by atoms with van der Waals surface area (Å²) in [5.41, 5.74) is 0.263. The van der Waals surface area contributed by atoms with Gasteiger partial charge in [-0.15, -0.1) is 0 Å². The predicted octanol–water partition coefficient (Wildman–Crippen LogP) is 1.76. The van der Waals surface area contributed by atoms with Gasteiger partial charge in [-0.3, -0.25) is 9.59 Å². The summed E-state index contributed by atoms with van der Waals surface area (Å²) in [5.74, 6) is -0.215. The van der Waals surface area contributed by atoms with E-state index in [2.05, 4.69) is 5.16 Å². The molecule has 5 heteroatoms. The zero-order valence-electron chi connectivity index (χ0n) is 9.95. The molecule has 0 aromatic carbocycles. The first-order valence-electron chi connectivity index (χ1n) is 5.66. The number of Topliss-reactive ketones (excluding diaryl/α,β-unsaturated/α-hetero) is 1. The summed E-state index contributed by atoms with van der Waals surface area (Å²) in [4.78, 5) is 22.9. The monoisotopic (exact) mass is 237 g/mol. The second-order valence-corrected chi connectivity index (χ2v) is 4.63. The summed E-state index contributed by atoms with van der Waals surface area (Å²) in [7, 11) is 0. The van der Waals surface area contributed by atoms with Gasteiger partial charge in [0.05, 0.1) is 11.1 Å². The highest BCUT2D eigenvalue weighted by atomic mass is 16.5. The van der Waals surface area contributed by atoms with Gasteiger partial charge in [-0.1, -0.05) is 5.16 Å². The lowest BCUT2D eigenvalue weighted by molar-refractivity contribution is -0.146. The SMILES string of the molecule is Cc1noc(C)c1C1(C(=O)O)CCC(=O)CC1. The molecule has 2 rings (SSSR count). The second kappa shape index (κ2) is 3.98. The van der Waals surface area contributed by atoms with Gasteiger partial charge in [0.15, 0.2) is 0 Å².